The second-order valence-corrected chi connectivity index (χ2v) is 7.33. The molecule has 4 rings (SSSR count). The number of aromatic nitrogens is 2. The summed E-state index contributed by atoms with van der Waals surface area (Å²) in [4.78, 5) is 22.3. The van der Waals surface area contributed by atoms with Gasteiger partial charge in [0.1, 0.15) is 0 Å². The highest BCUT2D eigenvalue weighted by Crippen LogP contribution is 2.25. The number of fused-ring (bicyclic) bond motifs is 1. The lowest BCUT2D eigenvalue weighted by Gasteiger charge is -2.17. The van der Waals surface area contributed by atoms with Gasteiger partial charge in [-0.3, -0.25) is 9.78 Å². The summed E-state index contributed by atoms with van der Waals surface area (Å²) < 4.78 is 0. The van der Waals surface area contributed by atoms with E-state index in [1.807, 2.05) is 55.5 Å². The minimum atomic E-state index is -0.119. The van der Waals surface area contributed by atoms with Crippen molar-refractivity contribution in [2.24, 2.45) is 0 Å². The molecule has 4 aromatic rings. The lowest BCUT2D eigenvalue weighted by Crippen LogP contribution is -2.27. The van der Waals surface area contributed by atoms with Gasteiger partial charge in [0.25, 0.3) is 5.91 Å². The van der Waals surface area contributed by atoms with E-state index in [1.165, 1.54) is 11.1 Å². The summed E-state index contributed by atoms with van der Waals surface area (Å²) in [5, 5.41) is 3.97. The average Bonchev–Trinajstić information content (AvgIpc) is 2.75. The molecular formula is C25H23N3O. The van der Waals surface area contributed by atoms with Gasteiger partial charge in [-0.1, -0.05) is 42.5 Å². The molecule has 0 spiro atoms. The molecule has 29 heavy (non-hydrogen) atoms. The summed E-state index contributed by atoms with van der Waals surface area (Å²) in [6.45, 7) is 6.18. The molecule has 0 aliphatic carbocycles. The molecule has 2 aromatic heterocycles. The van der Waals surface area contributed by atoms with E-state index in [2.05, 4.69) is 42.3 Å². The van der Waals surface area contributed by atoms with Gasteiger partial charge in [-0.05, 0) is 61.7 Å². The van der Waals surface area contributed by atoms with Crippen molar-refractivity contribution in [3.63, 3.8) is 0 Å². The highest BCUT2D eigenvalue weighted by molar-refractivity contribution is 6.07. The summed E-state index contributed by atoms with van der Waals surface area (Å²) >= 11 is 0. The third-order valence-corrected chi connectivity index (χ3v) is 5.27. The Hall–Kier alpha value is -3.53. The van der Waals surface area contributed by atoms with Gasteiger partial charge in [0.05, 0.1) is 28.5 Å². The summed E-state index contributed by atoms with van der Waals surface area (Å²) in [7, 11) is 0. The minimum Gasteiger partial charge on any atom is -0.345 e. The van der Waals surface area contributed by atoms with E-state index in [0.29, 0.717) is 11.3 Å². The standard InChI is InChI=1S/C25H23N3O/c1-16-11-12-19(14-17(16)2)18(3)27-25(29)21-15-24(23-10-6-7-13-26-23)28-22-9-5-4-8-20(21)22/h4-15,18H,1-3H3,(H,27,29). The molecule has 0 aliphatic heterocycles. The number of aryl methyl sites for hydroxylation is 2. The normalized spacial score (nSPS) is 12.0. The average molecular weight is 381 g/mol. The zero-order valence-corrected chi connectivity index (χ0v) is 16.8. The van der Waals surface area contributed by atoms with Crippen LogP contribution in [0.15, 0.2) is 72.9 Å². The van der Waals surface area contributed by atoms with Crippen LogP contribution in [0, 0.1) is 13.8 Å². The van der Waals surface area contributed by atoms with E-state index in [9.17, 15) is 4.79 Å². The summed E-state index contributed by atoms with van der Waals surface area (Å²) in [5.74, 6) is -0.119. The lowest BCUT2D eigenvalue weighted by atomic mass is 10.0. The predicted molar refractivity (Wildman–Crippen MR) is 117 cm³/mol. The van der Waals surface area contributed by atoms with Crippen LogP contribution in [-0.4, -0.2) is 15.9 Å². The number of hydrogen-bond donors (Lipinski definition) is 1. The third kappa shape index (κ3) is 3.87. The number of amides is 1. The van der Waals surface area contributed by atoms with Crippen LogP contribution in [0.1, 0.15) is 40.0 Å². The van der Waals surface area contributed by atoms with Crippen LogP contribution in [0.5, 0.6) is 0 Å². The molecule has 0 saturated carbocycles. The van der Waals surface area contributed by atoms with Crippen LogP contribution < -0.4 is 5.32 Å². The Bertz CT molecular complexity index is 1190. The molecule has 0 bridgehead atoms. The number of benzene rings is 2. The Morgan fingerprint density at radius 3 is 2.45 bits per heavy atom. The van der Waals surface area contributed by atoms with E-state index in [4.69, 9.17) is 4.98 Å². The molecule has 0 aliphatic rings. The Morgan fingerprint density at radius 2 is 1.69 bits per heavy atom. The SMILES string of the molecule is Cc1ccc(C(C)NC(=O)c2cc(-c3ccccn3)nc3ccccc23)cc1C. The van der Waals surface area contributed by atoms with Gasteiger partial charge in [-0.25, -0.2) is 4.98 Å². The molecule has 0 fully saturated rings. The number of nitrogens with one attached hydrogen (secondary N) is 1. The zero-order chi connectivity index (χ0) is 20.4. The quantitative estimate of drug-likeness (QED) is 0.515. The molecule has 1 unspecified atom stereocenters. The molecule has 2 heterocycles. The van der Waals surface area contributed by atoms with Gasteiger partial charge in [0.2, 0.25) is 0 Å². The summed E-state index contributed by atoms with van der Waals surface area (Å²) in [6, 6.07) is 21.4. The van der Waals surface area contributed by atoms with Gasteiger partial charge < -0.3 is 5.32 Å². The van der Waals surface area contributed by atoms with Crippen molar-refractivity contribution in [1.82, 2.24) is 15.3 Å². The number of para-hydroxylation sites is 1. The molecule has 1 N–H and O–H groups in total. The number of carbonyl (C=O) groups is 1. The summed E-state index contributed by atoms with van der Waals surface area (Å²) in [5.41, 5.74) is 6.36. The van der Waals surface area contributed by atoms with Crippen molar-refractivity contribution in [3.05, 3.63) is 95.2 Å². The molecule has 1 amide bonds. The molecule has 4 heteroatoms. The van der Waals surface area contributed by atoms with E-state index in [-0.39, 0.29) is 11.9 Å². The van der Waals surface area contributed by atoms with E-state index in [1.54, 1.807) is 6.20 Å². The molecule has 1 atom stereocenters. The largest absolute Gasteiger partial charge is 0.345 e. The minimum absolute atomic E-state index is 0.105. The monoisotopic (exact) mass is 381 g/mol. The number of hydrogen-bond acceptors (Lipinski definition) is 3. The second-order valence-electron chi connectivity index (χ2n) is 7.33. The topological polar surface area (TPSA) is 54.9 Å². The Morgan fingerprint density at radius 1 is 0.897 bits per heavy atom. The predicted octanol–water partition coefficient (Wildman–Crippen LogP) is 5.40. The Labute approximate surface area is 170 Å². The van der Waals surface area contributed by atoms with Crippen molar-refractivity contribution < 1.29 is 4.79 Å². The first-order chi connectivity index (χ1) is 14.0. The van der Waals surface area contributed by atoms with Crippen LogP contribution in [0.2, 0.25) is 0 Å². The highest BCUT2D eigenvalue weighted by Gasteiger charge is 2.17. The third-order valence-electron chi connectivity index (χ3n) is 5.27. The lowest BCUT2D eigenvalue weighted by molar-refractivity contribution is 0.0941. The van der Waals surface area contributed by atoms with Crippen molar-refractivity contribution in [2.45, 2.75) is 26.8 Å². The van der Waals surface area contributed by atoms with Crippen molar-refractivity contribution >= 4 is 16.8 Å². The first kappa shape index (κ1) is 18.8. The van der Waals surface area contributed by atoms with E-state index >= 15 is 0 Å². The van der Waals surface area contributed by atoms with Gasteiger partial charge >= 0.3 is 0 Å². The number of nitrogens with zero attached hydrogens (tertiary/aromatic N) is 2. The number of rotatable bonds is 4. The van der Waals surface area contributed by atoms with Crippen molar-refractivity contribution in [1.29, 1.82) is 0 Å². The fraction of sp³-hybridized carbons (Fsp3) is 0.160. The van der Waals surface area contributed by atoms with Crippen LogP contribution >= 0.6 is 0 Å². The summed E-state index contributed by atoms with van der Waals surface area (Å²) in [6.07, 6.45) is 1.73. The molecule has 144 valence electrons. The first-order valence-electron chi connectivity index (χ1n) is 9.72. The van der Waals surface area contributed by atoms with Gasteiger partial charge in [-0.2, -0.15) is 0 Å². The van der Waals surface area contributed by atoms with Gasteiger partial charge in [0, 0.05) is 11.6 Å². The van der Waals surface area contributed by atoms with Crippen molar-refractivity contribution in [2.75, 3.05) is 0 Å². The number of pyridine rings is 2. The maximum atomic E-state index is 13.2. The van der Waals surface area contributed by atoms with Gasteiger partial charge in [-0.15, -0.1) is 0 Å². The molecule has 4 nitrogen and oxygen atoms in total. The highest BCUT2D eigenvalue weighted by atomic mass is 16.1. The zero-order valence-electron chi connectivity index (χ0n) is 16.8. The van der Waals surface area contributed by atoms with Crippen LogP contribution in [-0.2, 0) is 0 Å². The van der Waals surface area contributed by atoms with E-state index < -0.39 is 0 Å². The second kappa shape index (κ2) is 7.84. The maximum absolute atomic E-state index is 13.2. The van der Waals surface area contributed by atoms with Gasteiger partial charge in [0.15, 0.2) is 0 Å². The maximum Gasteiger partial charge on any atom is 0.252 e. The van der Waals surface area contributed by atoms with Crippen LogP contribution in [0.25, 0.3) is 22.3 Å². The van der Waals surface area contributed by atoms with Crippen LogP contribution in [0.3, 0.4) is 0 Å². The molecule has 2 aromatic carbocycles. The molecule has 0 saturated heterocycles. The van der Waals surface area contributed by atoms with E-state index in [0.717, 1.165) is 22.2 Å². The Balaban J connectivity index is 1.72. The van der Waals surface area contributed by atoms with Crippen LogP contribution in [0.4, 0.5) is 0 Å². The first-order valence-corrected chi connectivity index (χ1v) is 9.72. The van der Waals surface area contributed by atoms with Crippen molar-refractivity contribution in [3.8, 4) is 11.4 Å². The number of carbonyl (C=O) groups excluding carboxylic acids is 1. The fourth-order valence-corrected chi connectivity index (χ4v) is 3.40. The Kier molecular flexibility index (Phi) is 5.09. The molecule has 0 radical (unpaired) electrons. The molecular weight excluding hydrogens is 358 g/mol. The fourth-order valence-electron chi connectivity index (χ4n) is 3.40. The smallest absolute Gasteiger partial charge is 0.252 e.